The maximum absolute atomic E-state index is 10.9. The Balaban J connectivity index is 2.23. The molecule has 1 heterocycles. The molecule has 1 aliphatic carbocycles. The van der Waals surface area contributed by atoms with Gasteiger partial charge in [0.2, 0.25) is 5.91 Å². The summed E-state index contributed by atoms with van der Waals surface area (Å²) in [7, 11) is 0. The molecule has 0 aliphatic heterocycles. The molecule has 1 atom stereocenters. The Kier molecular flexibility index (Phi) is 3.84. The van der Waals surface area contributed by atoms with E-state index in [-0.39, 0.29) is 12.5 Å². The van der Waals surface area contributed by atoms with Gasteiger partial charge in [-0.1, -0.05) is 13.3 Å². The Bertz CT molecular complexity index is 397. The SMILES string of the molecule is CCNC1CCCCc2cn(CC(N)=O)cc21. The van der Waals surface area contributed by atoms with Gasteiger partial charge in [0, 0.05) is 18.4 Å². The van der Waals surface area contributed by atoms with Crippen molar-refractivity contribution in [1.29, 1.82) is 0 Å². The second kappa shape index (κ2) is 5.36. The van der Waals surface area contributed by atoms with Gasteiger partial charge in [0.25, 0.3) is 0 Å². The van der Waals surface area contributed by atoms with Crippen LogP contribution in [0.25, 0.3) is 0 Å². The van der Waals surface area contributed by atoms with E-state index >= 15 is 0 Å². The van der Waals surface area contributed by atoms with Gasteiger partial charge in [-0.15, -0.1) is 0 Å². The Hall–Kier alpha value is -1.29. The number of primary amides is 1. The predicted molar refractivity (Wildman–Crippen MR) is 67.6 cm³/mol. The minimum Gasteiger partial charge on any atom is -0.368 e. The van der Waals surface area contributed by atoms with Gasteiger partial charge in [-0.2, -0.15) is 0 Å². The van der Waals surface area contributed by atoms with Crippen molar-refractivity contribution in [3.63, 3.8) is 0 Å². The number of rotatable bonds is 4. The molecule has 94 valence electrons. The van der Waals surface area contributed by atoms with Crippen LogP contribution in [0.3, 0.4) is 0 Å². The third-order valence-electron chi connectivity index (χ3n) is 3.35. The van der Waals surface area contributed by atoms with Crippen LogP contribution in [0.2, 0.25) is 0 Å². The highest BCUT2D eigenvalue weighted by Crippen LogP contribution is 2.29. The number of amides is 1. The van der Waals surface area contributed by atoms with Crippen molar-refractivity contribution in [2.24, 2.45) is 5.73 Å². The molecule has 1 aromatic rings. The highest BCUT2D eigenvalue weighted by atomic mass is 16.1. The zero-order valence-electron chi connectivity index (χ0n) is 10.4. The number of aryl methyl sites for hydroxylation is 1. The van der Waals surface area contributed by atoms with Crippen LogP contribution in [0.5, 0.6) is 0 Å². The van der Waals surface area contributed by atoms with Crippen molar-refractivity contribution >= 4 is 5.91 Å². The molecule has 4 heteroatoms. The molecule has 1 unspecified atom stereocenters. The van der Waals surface area contributed by atoms with Gasteiger partial charge >= 0.3 is 0 Å². The van der Waals surface area contributed by atoms with E-state index in [0.717, 1.165) is 13.0 Å². The third-order valence-corrected chi connectivity index (χ3v) is 3.35. The topological polar surface area (TPSA) is 60.1 Å². The van der Waals surface area contributed by atoms with Crippen molar-refractivity contribution < 1.29 is 4.79 Å². The lowest BCUT2D eigenvalue weighted by molar-refractivity contribution is -0.118. The molecule has 0 bridgehead atoms. The van der Waals surface area contributed by atoms with Crippen LogP contribution >= 0.6 is 0 Å². The molecule has 4 nitrogen and oxygen atoms in total. The summed E-state index contributed by atoms with van der Waals surface area (Å²) in [6, 6.07) is 0.437. The van der Waals surface area contributed by atoms with Crippen molar-refractivity contribution in [3.05, 3.63) is 23.5 Å². The van der Waals surface area contributed by atoms with Gasteiger partial charge in [-0.3, -0.25) is 4.79 Å². The normalized spacial score (nSPS) is 19.7. The Morgan fingerprint density at radius 2 is 2.35 bits per heavy atom. The molecule has 0 saturated carbocycles. The average molecular weight is 235 g/mol. The Morgan fingerprint density at radius 3 is 3.06 bits per heavy atom. The molecule has 17 heavy (non-hydrogen) atoms. The highest BCUT2D eigenvalue weighted by Gasteiger charge is 2.19. The van der Waals surface area contributed by atoms with Gasteiger partial charge in [-0.05, 0) is 36.9 Å². The lowest BCUT2D eigenvalue weighted by Gasteiger charge is -2.15. The summed E-state index contributed by atoms with van der Waals surface area (Å²) in [5, 5.41) is 3.52. The summed E-state index contributed by atoms with van der Waals surface area (Å²) in [6.07, 6.45) is 8.95. The molecular weight excluding hydrogens is 214 g/mol. The van der Waals surface area contributed by atoms with Gasteiger partial charge in [0.15, 0.2) is 0 Å². The second-order valence-electron chi connectivity index (χ2n) is 4.73. The first-order valence-electron chi connectivity index (χ1n) is 6.41. The maximum atomic E-state index is 10.9. The molecule has 1 aromatic heterocycles. The van der Waals surface area contributed by atoms with Gasteiger partial charge in [0.1, 0.15) is 6.54 Å². The largest absolute Gasteiger partial charge is 0.368 e. The van der Waals surface area contributed by atoms with E-state index in [2.05, 4.69) is 24.6 Å². The number of nitrogens with one attached hydrogen (secondary N) is 1. The van der Waals surface area contributed by atoms with Crippen LogP contribution in [0.4, 0.5) is 0 Å². The number of nitrogens with two attached hydrogens (primary N) is 1. The Morgan fingerprint density at radius 1 is 1.53 bits per heavy atom. The van der Waals surface area contributed by atoms with E-state index in [0.29, 0.717) is 6.04 Å². The van der Waals surface area contributed by atoms with Crippen molar-refractivity contribution in [1.82, 2.24) is 9.88 Å². The van der Waals surface area contributed by atoms with Crippen molar-refractivity contribution in [2.75, 3.05) is 6.54 Å². The molecule has 1 aliphatic rings. The van der Waals surface area contributed by atoms with Crippen LogP contribution in [0.1, 0.15) is 43.4 Å². The monoisotopic (exact) mass is 235 g/mol. The quantitative estimate of drug-likeness (QED) is 0.774. The van der Waals surface area contributed by atoms with Gasteiger partial charge in [-0.25, -0.2) is 0 Å². The lowest BCUT2D eigenvalue weighted by atomic mass is 10.0. The van der Waals surface area contributed by atoms with Gasteiger partial charge in [0.05, 0.1) is 0 Å². The summed E-state index contributed by atoms with van der Waals surface area (Å²) in [6.45, 7) is 3.39. The van der Waals surface area contributed by atoms with E-state index < -0.39 is 0 Å². The number of carbonyl (C=O) groups excluding carboxylic acids is 1. The van der Waals surface area contributed by atoms with E-state index in [9.17, 15) is 4.79 Å². The van der Waals surface area contributed by atoms with Gasteiger partial charge < -0.3 is 15.6 Å². The number of carbonyl (C=O) groups is 1. The van der Waals surface area contributed by atoms with Crippen molar-refractivity contribution in [2.45, 2.75) is 45.2 Å². The molecule has 1 amide bonds. The summed E-state index contributed by atoms with van der Waals surface area (Å²) >= 11 is 0. The first-order chi connectivity index (χ1) is 8.20. The smallest absolute Gasteiger partial charge is 0.237 e. The summed E-state index contributed by atoms with van der Waals surface area (Å²) in [5.74, 6) is -0.282. The number of hydrogen-bond donors (Lipinski definition) is 2. The van der Waals surface area contributed by atoms with E-state index in [1.165, 1.54) is 30.4 Å². The summed E-state index contributed by atoms with van der Waals surface area (Å²) in [5.41, 5.74) is 7.95. The molecule has 0 saturated heterocycles. The molecule has 0 radical (unpaired) electrons. The minimum absolute atomic E-state index is 0.282. The zero-order valence-corrected chi connectivity index (χ0v) is 10.4. The van der Waals surface area contributed by atoms with Crippen LogP contribution in [-0.2, 0) is 17.8 Å². The first-order valence-corrected chi connectivity index (χ1v) is 6.41. The average Bonchev–Trinajstić information content (AvgIpc) is 2.56. The molecule has 0 spiro atoms. The number of hydrogen-bond acceptors (Lipinski definition) is 2. The summed E-state index contributed by atoms with van der Waals surface area (Å²) < 4.78 is 1.92. The maximum Gasteiger partial charge on any atom is 0.237 e. The van der Waals surface area contributed by atoms with Crippen LogP contribution in [0, 0.1) is 0 Å². The third kappa shape index (κ3) is 2.88. The standard InChI is InChI=1S/C13H21N3O/c1-2-15-12-6-4-3-5-10-7-16(8-11(10)12)9-13(14)17/h7-8,12,15H,2-6,9H2,1H3,(H2,14,17). The second-order valence-corrected chi connectivity index (χ2v) is 4.73. The molecule has 2 rings (SSSR count). The summed E-state index contributed by atoms with van der Waals surface area (Å²) in [4.78, 5) is 10.9. The molecular formula is C13H21N3O. The molecule has 0 aromatic carbocycles. The highest BCUT2D eigenvalue weighted by molar-refractivity contribution is 5.73. The van der Waals surface area contributed by atoms with Crippen molar-refractivity contribution in [3.8, 4) is 0 Å². The molecule has 3 N–H and O–H groups in total. The van der Waals surface area contributed by atoms with Crippen LogP contribution in [-0.4, -0.2) is 17.0 Å². The lowest BCUT2D eigenvalue weighted by Crippen LogP contribution is -2.21. The van der Waals surface area contributed by atoms with E-state index in [4.69, 9.17) is 5.73 Å². The van der Waals surface area contributed by atoms with E-state index in [1.54, 1.807) is 0 Å². The minimum atomic E-state index is -0.282. The number of nitrogens with zero attached hydrogens (tertiary/aromatic N) is 1. The number of aromatic nitrogens is 1. The van der Waals surface area contributed by atoms with Crippen LogP contribution < -0.4 is 11.1 Å². The fraction of sp³-hybridized carbons (Fsp3) is 0.615. The fourth-order valence-corrected chi connectivity index (χ4v) is 2.65. The number of fused-ring (bicyclic) bond motifs is 1. The van der Waals surface area contributed by atoms with Crippen LogP contribution in [0.15, 0.2) is 12.4 Å². The zero-order chi connectivity index (χ0) is 12.3. The molecule has 0 fully saturated rings. The van der Waals surface area contributed by atoms with E-state index in [1.807, 2.05) is 4.57 Å². The Labute approximate surface area is 102 Å². The predicted octanol–water partition coefficient (Wildman–Crippen LogP) is 1.35. The first kappa shape index (κ1) is 12.2. The fourth-order valence-electron chi connectivity index (χ4n) is 2.65.